The number of hydrogen-bond donors (Lipinski definition) is 2. The molecule has 23 heavy (non-hydrogen) atoms. The van der Waals surface area contributed by atoms with Gasteiger partial charge in [0, 0.05) is 43.3 Å². The number of halogens is 1. The molecular weight excluding hydrogens is 301 g/mol. The Balaban J connectivity index is 1.68. The van der Waals surface area contributed by atoms with Crippen molar-refractivity contribution in [2.24, 2.45) is 0 Å². The average Bonchev–Trinajstić information content (AvgIpc) is 2.56. The number of fused-ring (bicyclic) bond motifs is 1. The molecule has 2 heterocycles. The first kappa shape index (κ1) is 15.6. The highest BCUT2D eigenvalue weighted by molar-refractivity contribution is 5.97. The Morgan fingerprint density at radius 2 is 2.13 bits per heavy atom. The lowest BCUT2D eigenvalue weighted by Crippen LogP contribution is -2.41. The van der Waals surface area contributed by atoms with Gasteiger partial charge in [0.25, 0.3) is 5.91 Å². The third kappa shape index (κ3) is 3.57. The minimum absolute atomic E-state index is 0.00919. The van der Waals surface area contributed by atoms with Crippen LogP contribution in [0.2, 0.25) is 0 Å². The van der Waals surface area contributed by atoms with Gasteiger partial charge in [0.1, 0.15) is 11.4 Å². The van der Waals surface area contributed by atoms with Crippen molar-refractivity contribution < 1.29 is 13.9 Å². The number of aromatic nitrogens is 1. The van der Waals surface area contributed by atoms with Crippen molar-refractivity contribution >= 4 is 16.8 Å². The number of amides is 1. The first-order valence-corrected chi connectivity index (χ1v) is 7.54. The number of H-pyrrole nitrogens is 1. The number of aromatic amines is 1. The van der Waals surface area contributed by atoms with E-state index in [1.54, 1.807) is 0 Å². The molecule has 122 valence electrons. The van der Waals surface area contributed by atoms with Crippen LogP contribution in [0.4, 0.5) is 4.39 Å². The Morgan fingerprint density at radius 1 is 1.35 bits per heavy atom. The summed E-state index contributed by atoms with van der Waals surface area (Å²) in [5, 5.41) is 2.90. The van der Waals surface area contributed by atoms with E-state index < -0.39 is 17.2 Å². The van der Waals surface area contributed by atoms with E-state index >= 15 is 0 Å². The highest BCUT2D eigenvalue weighted by atomic mass is 19.1. The number of hydrogen-bond acceptors (Lipinski definition) is 4. The Labute approximate surface area is 132 Å². The molecule has 1 aliphatic rings. The van der Waals surface area contributed by atoms with Gasteiger partial charge in [-0.2, -0.15) is 0 Å². The molecule has 0 radical (unpaired) electrons. The minimum atomic E-state index is -0.507. The first-order valence-electron chi connectivity index (χ1n) is 7.54. The van der Waals surface area contributed by atoms with Gasteiger partial charge in [0.2, 0.25) is 5.43 Å². The number of morpholine rings is 1. The highest BCUT2D eigenvalue weighted by Crippen LogP contribution is 2.10. The second kappa shape index (κ2) is 6.89. The molecule has 1 amide bonds. The maximum atomic E-state index is 13.3. The standard InChI is InChI=1S/C16H18FN3O3/c17-11-1-2-14-12(9-11)15(21)13(10-19-14)16(22)18-3-4-20-5-7-23-8-6-20/h1-2,9-10H,3-8H2,(H,18,22)(H,19,21). The molecule has 1 aliphatic heterocycles. The van der Waals surface area contributed by atoms with Crippen LogP contribution in [0.25, 0.3) is 10.9 Å². The second-order valence-electron chi connectivity index (χ2n) is 5.43. The number of carbonyl (C=O) groups is 1. The van der Waals surface area contributed by atoms with Crippen LogP contribution in [-0.4, -0.2) is 55.2 Å². The van der Waals surface area contributed by atoms with E-state index in [0.29, 0.717) is 31.8 Å². The van der Waals surface area contributed by atoms with Crippen LogP contribution in [0.3, 0.4) is 0 Å². The zero-order chi connectivity index (χ0) is 16.2. The summed E-state index contributed by atoms with van der Waals surface area (Å²) < 4.78 is 18.5. The van der Waals surface area contributed by atoms with E-state index in [2.05, 4.69) is 15.2 Å². The van der Waals surface area contributed by atoms with Crippen LogP contribution >= 0.6 is 0 Å². The summed E-state index contributed by atoms with van der Waals surface area (Å²) in [7, 11) is 0. The molecule has 1 fully saturated rings. The lowest BCUT2D eigenvalue weighted by molar-refractivity contribution is 0.0383. The summed E-state index contributed by atoms with van der Waals surface area (Å²) in [5.74, 6) is -0.960. The SMILES string of the molecule is O=C(NCCN1CCOCC1)c1c[nH]c2ccc(F)cc2c1=O. The van der Waals surface area contributed by atoms with E-state index in [4.69, 9.17) is 4.74 Å². The van der Waals surface area contributed by atoms with Crippen molar-refractivity contribution in [3.63, 3.8) is 0 Å². The summed E-state index contributed by atoms with van der Waals surface area (Å²) in [6, 6.07) is 3.88. The molecule has 1 saturated heterocycles. The minimum Gasteiger partial charge on any atom is -0.379 e. The van der Waals surface area contributed by atoms with E-state index in [-0.39, 0.29) is 10.9 Å². The number of rotatable bonds is 4. The number of nitrogens with one attached hydrogen (secondary N) is 2. The molecular formula is C16H18FN3O3. The first-order chi connectivity index (χ1) is 11.1. The molecule has 6 nitrogen and oxygen atoms in total. The lowest BCUT2D eigenvalue weighted by atomic mass is 10.1. The van der Waals surface area contributed by atoms with Gasteiger partial charge in [0.05, 0.1) is 13.2 Å². The predicted octanol–water partition coefficient (Wildman–Crippen LogP) is 0.729. The van der Waals surface area contributed by atoms with Crippen LogP contribution in [-0.2, 0) is 4.74 Å². The maximum Gasteiger partial charge on any atom is 0.256 e. The third-order valence-electron chi connectivity index (χ3n) is 3.90. The molecule has 0 spiro atoms. The monoisotopic (exact) mass is 319 g/mol. The fraction of sp³-hybridized carbons (Fsp3) is 0.375. The summed E-state index contributed by atoms with van der Waals surface area (Å²) in [6.07, 6.45) is 1.37. The Hall–Kier alpha value is -2.25. The van der Waals surface area contributed by atoms with Crippen LogP contribution in [0.15, 0.2) is 29.2 Å². The molecule has 0 unspecified atom stereocenters. The van der Waals surface area contributed by atoms with Gasteiger partial charge < -0.3 is 15.0 Å². The number of carbonyl (C=O) groups excluding carboxylic acids is 1. The molecule has 1 aromatic carbocycles. The molecule has 0 atom stereocenters. The van der Waals surface area contributed by atoms with Crippen molar-refractivity contribution in [1.82, 2.24) is 15.2 Å². The van der Waals surface area contributed by atoms with Crippen LogP contribution < -0.4 is 10.7 Å². The van der Waals surface area contributed by atoms with Gasteiger partial charge in [-0.15, -0.1) is 0 Å². The van der Waals surface area contributed by atoms with Crippen LogP contribution in [0.1, 0.15) is 10.4 Å². The summed E-state index contributed by atoms with van der Waals surface area (Å²) in [5.41, 5.74) is 0.0217. The highest BCUT2D eigenvalue weighted by Gasteiger charge is 2.14. The van der Waals surface area contributed by atoms with Gasteiger partial charge in [-0.25, -0.2) is 4.39 Å². The van der Waals surface area contributed by atoms with Crippen LogP contribution in [0, 0.1) is 5.82 Å². The molecule has 0 bridgehead atoms. The Kier molecular flexibility index (Phi) is 4.68. The fourth-order valence-electron chi connectivity index (χ4n) is 2.61. The summed E-state index contributed by atoms with van der Waals surface area (Å²) >= 11 is 0. The molecule has 1 aromatic heterocycles. The van der Waals surface area contributed by atoms with Crippen LogP contribution in [0.5, 0.6) is 0 Å². The Bertz CT molecular complexity index is 769. The van der Waals surface area contributed by atoms with Crippen molar-refractivity contribution in [1.29, 1.82) is 0 Å². The fourth-order valence-corrected chi connectivity index (χ4v) is 2.61. The molecule has 2 N–H and O–H groups in total. The zero-order valence-electron chi connectivity index (χ0n) is 12.6. The lowest BCUT2D eigenvalue weighted by Gasteiger charge is -2.26. The number of ether oxygens (including phenoxy) is 1. The number of pyridine rings is 1. The van der Waals surface area contributed by atoms with Crippen molar-refractivity contribution in [2.75, 3.05) is 39.4 Å². The van der Waals surface area contributed by atoms with Gasteiger partial charge in [-0.3, -0.25) is 14.5 Å². The maximum absolute atomic E-state index is 13.3. The number of benzene rings is 1. The quantitative estimate of drug-likeness (QED) is 0.871. The normalized spacial score (nSPS) is 15.7. The van der Waals surface area contributed by atoms with Gasteiger partial charge in [-0.05, 0) is 18.2 Å². The van der Waals surface area contributed by atoms with E-state index in [9.17, 15) is 14.0 Å². The largest absolute Gasteiger partial charge is 0.379 e. The van der Waals surface area contributed by atoms with Crippen molar-refractivity contribution in [3.8, 4) is 0 Å². The summed E-state index contributed by atoms with van der Waals surface area (Å²) in [6.45, 7) is 4.22. The van der Waals surface area contributed by atoms with E-state index in [0.717, 1.165) is 19.2 Å². The smallest absolute Gasteiger partial charge is 0.256 e. The van der Waals surface area contributed by atoms with Gasteiger partial charge >= 0.3 is 0 Å². The van der Waals surface area contributed by atoms with Crippen molar-refractivity contribution in [2.45, 2.75) is 0 Å². The molecule has 0 saturated carbocycles. The van der Waals surface area contributed by atoms with E-state index in [1.165, 1.54) is 18.3 Å². The number of nitrogens with zero attached hydrogens (tertiary/aromatic N) is 1. The zero-order valence-corrected chi connectivity index (χ0v) is 12.6. The third-order valence-corrected chi connectivity index (χ3v) is 3.90. The summed E-state index contributed by atoms with van der Waals surface area (Å²) in [4.78, 5) is 29.5. The topological polar surface area (TPSA) is 74.4 Å². The van der Waals surface area contributed by atoms with Gasteiger partial charge in [-0.1, -0.05) is 0 Å². The Morgan fingerprint density at radius 3 is 2.91 bits per heavy atom. The molecule has 0 aliphatic carbocycles. The van der Waals surface area contributed by atoms with Gasteiger partial charge in [0.15, 0.2) is 0 Å². The van der Waals surface area contributed by atoms with E-state index in [1.807, 2.05) is 0 Å². The van der Waals surface area contributed by atoms with Crippen molar-refractivity contribution in [3.05, 3.63) is 46.0 Å². The average molecular weight is 319 g/mol. The molecule has 7 heteroatoms. The predicted molar refractivity (Wildman–Crippen MR) is 84.1 cm³/mol. The second-order valence-corrected chi connectivity index (χ2v) is 5.43. The molecule has 3 rings (SSSR count). The molecule has 2 aromatic rings.